The van der Waals surface area contributed by atoms with Crippen LogP contribution in [-0.4, -0.2) is 10.2 Å². The van der Waals surface area contributed by atoms with E-state index in [9.17, 15) is 0 Å². The molecule has 0 unspecified atom stereocenters. The Morgan fingerprint density at radius 1 is 1.15 bits per heavy atom. The molecule has 1 aromatic carbocycles. The van der Waals surface area contributed by atoms with Gasteiger partial charge >= 0.3 is 0 Å². The molecular formula is C15H16Cl2N2O. The van der Waals surface area contributed by atoms with Gasteiger partial charge in [0.05, 0.1) is 0 Å². The summed E-state index contributed by atoms with van der Waals surface area (Å²) >= 11 is 11.9. The van der Waals surface area contributed by atoms with Gasteiger partial charge in [-0.1, -0.05) is 43.1 Å². The molecule has 0 spiro atoms. The third kappa shape index (κ3) is 3.62. The van der Waals surface area contributed by atoms with Crippen molar-refractivity contribution in [2.24, 2.45) is 0 Å². The minimum atomic E-state index is 0.337. The minimum absolute atomic E-state index is 0.337. The van der Waals surface area contributed by atoms with Crippen LogP contribution in [0, 0.1) is 6.92 Å². The summed E-state index contributed by atoms with van der Waals surface area (Å²) in [4.78, 5) is 0. The van der Waals surface area contributed by atoms with Crippen molar-refractivity contribution in [1.82, 2.24) is 10.2 Å². The summed E-state index contributed by atoms with van der Waals surface area (Å²) in [5.41, 5.74) is 2.91. The molecule has 1 aromatic heterocycles. The minimum Gasteiger partial charge on any atom is -0.487 e. The van der Waals surface area contributed by atoms with Crippen LogP contribution in [0.15, 0.2) is 24.3 Å². The highest BCUT2D eigenvalue weighted by Crippen LogP contribution is 2.32. The van der Waals surface area contributed by atoms with Crippen molar-refractivity contribution in [2.45, 2.75) is 33.3 Å². The lowest BCUT2D eigenvalue weighted by Gasteiger charge is -2.15. The highest BCUT2D eigenvalue weighted by molar-refractivity contribution is 6.31. The van der Waals surface area contributed by atoms with Crippen LogP contribution in [0.2, 0.25) is 10.2 Å². The molecule has 0 aliphatic carbocycles. The molecule has 0 aliphatic heterocycles. The SMILES string of the molecule is Cc1cc(C(C)C)c(OCc2ccc(Cl)nn2)cc1Cl. The van der Waals surface area contributed by atoms with Crippen LogP contribution in [0.4, 0.5) is 0 Å². The second-order valence-electron chi connectivity index (χ2n) is 4.93. The molecule has 3 nitrogen and oxygen atoms in total. The third-order valence-electron chi connectivity index (χ3n) is 2.98. The van der Waals surface area contributed by atoms with Crippen molar-refractivity contribution >= 4 is 23.2 Å². The summed E-state index contributed by atoms with van der Waals surface area (Å²) in [6.07, 6.45) is 0. The highest BCUT2D eigenvalue weighted by atomic mass is 35.5. The van der Waals surface area contributed by atoms with E-state index in [4.69, 9.17) is 27.9 Å². The molecule has 0 aliphatic rings. The predicted molar refractivity (Wildman–Crippen MR) is 81.7 cm³/mol. The van der Waals surface area contributed by atoms with Crippen LogP contribution in [0.5, 0.6) is 5.75 Å². The van der Waals surface area contributed by atoms with E-state index in [2.05, 4.69) is 30.1 Å². The van der Waals surface area contributed by atoms with Crippen LogP contribution in [0.25, 0.3) is 0 Å². The number of rotatable bonds is 4. The first-order chi connectivity index (χ1) is 9.47. The van der Waals surface area contributed by atoms with Crippen LogP contribution in [0.1, 0.15) is 36.6 Å². The number of ether oxygens (including phenoxy) is 1. The van der Waals surface area contributed by atoms with E-state index in [-0.39, 0.29) is 0 Å². The molecule has 0 N–H and O–H groups in total. The number of hydrogen-bond donors (Lipinski definition) is 0. The summed E-state index contributed by atoms with van der Waals surface area (Å²) < 4.78 is 5.83. The molecule has 1 heterocycles. The first kappa shape index (κ1) is 15.1. The topological polar surface area (TPSA) is 35.0 Å². The maximum absolute atomic E-state index is 6.17. The van der Waals surface area contributed by atoms with Gasteiger partial charge in [0.1, 0.15) is 18.1 Å². The van der Waals surface area contributed by atoms with Gasteiger partial charge in [-0.25, -0.2) is 0 Å². The van der Waals surface area contributed by atoms with Gasteiger partial charge in [0, 0.05) is 5.02 Å². The van der Waals surface area contributed by atoms with Gasteiger partial charge in [-0.3, -0.25) is 0 Å². The molecule has 0 atom stereocenters. The van der Waals surface area contributed by atoms with Crippen molar-refractivity contribution in [1.29, 1.82) is 0 Å². The van der Waals surface area contributed by atoms with Crippen molar-refractivity contribution in [2.75, 3.05) is 0 Å². The second-order valence-corrected chi connectivity index (χ2v) is 5.72. The Hall–Kier alpha value is -1.32. The molecule has 2 aromatic rings. The molecule has 0 bridgehead atoms. The zero-order valence-electron chi connectivity index (χ0n) is 11.7. The Kier molecular flexibility index (Phi) is 4.84. The van der Waals surface area contributed by atoms with Gasteiger partial charge in [0.25, 0.3) is 0 Å². The lowest BCUT2D eigenvalue weighted by atomic mass is 10.00. The van der Waals surface area contributed by atoms with E-state index in [1.54, 1.807) is 12.1 Å². The lowest BCUT2D eigenvalue weighted by molar-refractivity contribution is 0.295. The number of aryl methyl sites for hydroxylation is 1. The highest BCUT2D eigenvalue weighted by Gasteiger charge is 2.11. The average molecular weight is 311 g/mol. The third-order valence-corrected chi connectivity index (χ3v) is 3.58. The molecule has 0 radical (unpaired) electrons. The van der Waals surface area contributed by atoms with Gasteiger partial charge in [-0.15, -0.1) is 5.10 Å². The smallest absolute Gasteiger partial charge is 0.151 e. The Balaban J connectivity index is 2.20. The maximum atomic E-state index is 6.17. The van der Waals surface area contributed by atoms with Crippen molar-refractivity contribution in [3.8, 4) is 5.75 Å². The predicted octanol–water partition coefficient (Wildman–Crippen LogP) is 4.79. The van der Waals surface area contributed by atoms with Crippen molar-refractivity contribution in [3.63, 3.8) is 0 Å². The first-order valence-corrected chi connectivity index (χ1v) is 7.14. The molecule has 0 saturated heterocycles. The van der Waals surface area contributed by atoms with Crippen molar-refractivity contribution < 1.29 is 4.74 Å². The van der Waals surface area contributed by atoms with Gasteiger partial charge in [0.15, 0.2) is 5.15 Å². The normalized spacial score (nSPS) is 10.9. The fourth-order valence-electron chi connectivity index (χ4n) is 1.83. The molecule has 20 heavy (non-hydrogen) atoms. The number of halogens is 2. The lowest BCUT2D eigenvalue weighted by Crippen LogP contribution is -2.03. The number of benzene rings is 1. The summed E-state index contributed by atoms with van der Waals surface area (Å²) in [6, 6.07) is 7.41. The summed E-state index contributed by atoms with van der Waals surface area (Å²) in [5, 5.41) is 8.83. The summed E-state index contributed by atoms with van der Waals surface area (Å²) in [6.45, 7) is 6.57. The van der Waals surface area contributed by atoms with Gasteiger partial charge in [-0.05, 0) is 42.2 Å². The maximum Gasteiger partial charge on any atom is 0.151 e. The number of nitrogens with zero attached hydrogens (tertiary/aromatic N) is 2. The van der Waals surface area contributed by atoms with E-state index in [0.29, 0.717) is 22.7 Å². The van der Waals surface area contributed by atoms with E-state index in [0.717, 1.165) is 22.6 Å². The summed E-state index contributed by atoms with van der Waals surface area (Å²) in [7, 11) is 0. The second kappa shape index (κ2) is 6.42. The molecule has 5 heteroatoms. The molecule has 106 valence electrons. The molecule has 0 fully saturated rings. The molecular weight excluding hydrogens is 295 g/mol. The number of aromatic nitrogens is 2. The van der Waals surface area contributed by atoms with E-state index in [1.807, 2.05) is 13.0 Å². The van der Waals surface area contributed by atoms with Crippen LogP contribution < -0.4 is 4.74 Å². The molecule has 0 amide bonds. The van der Waals surface area contributed by atoms with Gasteiger partial charge < -0.3 is 4.74 Å². The number of hydrogen-bond acceptors (Lipinski definition) is 3. The zero-order chi connectivity index (χ0) is 14.7. The molecule has 2 rings (SSSR count). The standard InChI is InChI=1S/C15H16Cl2N2O/c1-9(2)12-6-10(3)13(16)7-14(12)20-8-11-4-5-15(17)19-18-11/h4-7,9H,8H2,1-3H3. The Morgan fingerprint density at radius 3 is 2.50 bits per heavy atom. The Labute approximate surface area is 128 Å². The van der Waals surface area contributed by atoms with Crippen LogP contribution >= 0.6 is 23.2 Å². The van der Waals surface area contributed by atoms with E-state index in [1.165, 1.54) is 0 Å². The zero-order valence-corrected chi connectivity index (χ0v) is 13.2. The fourth-order valence-corrected chi connectivity index (χ4v) is 2.09. The van der Waals surface area contributed by atoms with E-state index < -0.39 is 0 Å². The van der Waals surface area contributed by atoms with Crippen LogP contribution in [-0.2, 0) is 6.61 Å². The molecule has 0 saturated carbocycles. The Bertz CT molecular complexity index is 598. The summed E-state index contributed by atoms with van der Waals surface area (Å²) in [5.74, 6) is 1.14. The average Bonchev–Trinajstić information content (AvgIpc) is 2.41. The quantitative estimate of drug-likeness (QED) is 0.814. The monoisotopic (exact) mass is 310 g/mol. The fraction of sp³-hybridized carbons (Fsp3) is 0.333. The largest absolute Gasteiger partial charge is 0.487 e. The van der Waals surface area contributed by atoms with Crippen LogP contribution in [0.3, 0.4) is 0 Å². The van der Waals surface area contributed by atoms with Crippen molar-refractivity contribution in [3.05, 3.63) is 51.3 Å². The van der Waals surface area contributed by atoms with Gasteiger partial charge in [0.2, 0.25) is 0 Å². The Morgan fingerprint density at radius 2 is 1.90 bits per heavy atom. The first-order valence-electron chi connectivity index (χ1n) is 6.38. The van der Waals surface area contributed by atoms with E-state index >= 15 is 0 Å². The van der Waals surface area contributed by atoms with Gasteiger partial charge in [-0.2, -0.15) is 5.10 Å².